The number of halogens is 2. The first-order valence-corrected chi connectivity index (χ1v) is 8.09. The van der Waals surface area contributed by atoms with E-state index in [1.807, 2.05) is 18.2 Å². The maximum Gasteiger partial charge on any atom is 0.254 e. The monoisotopic (exact) mass is 348 g/mol. The number of nitrogens with zero attached hydrogens (tertiary/aromatic N) is 1. The summed E-state index contributed by atoms with van der Waals surface area (Å²) in [5, 5.41) is 3.90. The number of rotatable bonds is 3. The molecular weight excluding hydrogens is 331 g/mol. The number of carbonyl (C=O) groups excluding carboxylic acids is 1. The summed E-state index contributed by atoms with van der Waals surface area (Å²) in [6, 6.07) is 11.5. The average molecular weight is 349 g/mol. The fraction of sp³-hybridized carbons (Fsp3) is 0.278. The summed E-state index contributed by atoms with van der Waals surface area (Å²) in [5.41, 5.74) is 1.18. The Morgan fingerprint density at radius 1 is 1.33 bits per heavy atom. The molecule has 126 valence electrons. The smallest absolute Gasteiger partial charge is 0.254 e. The Kier molecular flexibility index (Phi) is 5.02. The van der Waals surface area contributed by atoms with Gasteiger partial charge in [0, 0.05) is 30.2 Å². The molecule has 1 aliphatic heterocycles. The van der Waals surface area contributed by atoms with E-state index in [1.165, 1.54) is 19.2 Å². The molecule has 0 aromatic heterocycles. The predicted octanol–water partition coefficient (Wildman–Crippen LogP) is 3.27. The first kappa shape index (κ1) is 16.7. The highest BCUT2D eigenvalue weighted by Crippen LogP contribution is 2.30. The summed E-state index contributed by atoms with van der Waals surface area (Å²) in [4.78, 5) is 14.6. The van der Waals surface area contributed by atoms with Gasteiger partial charge < -0.3 is 15.0 Å². The van der Waals surface area contributed by atoms with E-state index in [1.54, 1.807) is 17.0 Å². The Bertz CT molecular complexity index is 754. The van der Waals surface area contributed by atoms with Gasteiger partial charge in [-0.3, -0.25) is 4.79 Å². The first-order chi connectivity index (χ1) is 11.6. The van der Waals surface area contributed by atoms with Gasteiger partial charge in [-0.15, -0.1) is 0 Å². The van der Waals surface area contributed by atoms with Crippen LogP contribution < -0.4 is 10.1 Å². The number of ether oxygens (including phenoxy) is 1. The zero-order valence-corrected chi connectivity index (χ0v) is 14.0. The van der Waals surface area contributed by atoms with Gasteiger partial charge >= 0.3 is 0 Å². The van der Waals surface area contributed by atoms with Crippen molar-refractivity contribution in [3.05, 3.63) is 64.4 Å². The van der Waals surface area contributed by atoms with E-state index in [4.69, 9.17) is 16.3 Å². The van der Waals surface area contributed by atoms with Crippen LogP contribution in [0.3, 0.4) is 0 Å². The van der Waals surface area contributed by atoms with Crippen molar-refractivity contribution in [2.75, 3.05) is 26.7 Å². The van der Waals surface area contributed by atoms with Gasteiger partial charge in [0.15, 0.2) is 11.6 Å². The Hall–Kier alpha value is -2.11. The molecule has 0 spiro atoms. The molecule has 0 saturated carbocycles. The normalized spacial score (nSPS) is 17.6. The van der Waals surface area contributed by atoms with Gasteiger partial charge in [0.1, 0.15) is 0 Å². The van der Waals surface area contributed by atoms with Crippen LogP contribution >= 0.6 is 11.6 Å². The summed E-state index contributed by atoms with van der Waals surface area (Å²) in [5.74, 6) is -0.648. The van der Waals surface area contributed by atoms with Gasteiger partial charge in [0.25, 0.3) is 5.91 Å². The number of methoxy groups -OCH3 is 1. The highest BCUT2D eigenvalue weighted by atomic mass is 35.5. The Morgan fingerprint density at radius 3 is 2.83 bits per heavy atom. The molecule has 0 bridgehead atoms. The van der Waals surface area contributed by atoms with Crippen LogP contribution in [0.1, 0.15) is 22.0 Å². The third-order valence-electron chi connectivity index (χ3n) is 4.17. The summed E-state index contributed by atoms with van der Waals surface area (Å²) in [6.07, 6.45) is 0. The number of hydrogen-bond donors (Lipinski definition) is 1. The molecule has 6 heteroatoms. The van der Waals surface area contributed by atoms with E-state index in [0.717, 1.165) is 5.56 Å². The molecule has 3 rings (SSSR count). The lowest BCUT2D eigenvalue weighted by Crippen LogP contribution is -2.48. The van der Waals surface area contributed by atoms with Crippen molar-refractivity contribution < 1.29 is 13.9 Å². The fourth-order valence-corrected chi connectivity index (χ4v) is 3.20. The number of benzene rings is 2. The van der Waals surface area contributed by atoms with Gasteiger partial charge in [-0.05, 0) is 29.8 Å². The van der Waals surface area contributed by atoms with Crippen molar-refractivity contribution in [2.45, 2.75) is 6.04 Å². The molecule has 0 aliphatic carbocycles. The van der Waals surface area contributed by atoms with Crippen LogP contribution in [0.15, 0.2) is 42.5 Å². The molecule has 1 N–H and O–H groups in total. The van der Waals surface area contributed by atoms with Gasteiger partial charge in [-0.1, -0.05) is 29.8 Å². The van der Waals surface area contributed by atoms with Crippen LogP contribution in [0.25, 0.3) is 0 Å². The number of nitrogens with one attached hydrogen (secondary N) is 1. The topological polar surface area (TPSA) is 41.6 Å². The Labute approximate surface area is 145 Å². The molecule has 2 aromatic rings. The minimum Gasteiger partial charge on any atom is -0.494 e. The van der Waals surface area contributed by atoms with Crippen LogP contribution in [0.5, 0.6) is 5.75 Å². The lowest BCUT2D eigenvalue weighted by molar-refractivity contribution is 0.0634. The molecular formula is C18H18ClFN2O2. The van der Waals surface area contributed by atoms with E-state index >= 15 is 0 Å². The number of amides is 1. The Morgan fingerprint density at radius 2 is 2.12 bits per heavy atom. The van der Waals surface area contributed by atoms with Crippen molar-refractivity contribution in [3.8, 4) is 5.75 Å². The van der Waals surface area contributed by atoms with E-state index in [9.17, 15) is 9.18 Å². The fourth-order valence-electron chi connectivity index (χ4n) is 2.94. The van der Waals surface area contributed by atoms with Gasteiger partial charge in [-0.25, -0.2) is 4.39 Å². The zero-order chi connectivity index (χ0) is 17.1. The van der Waals surface area contributed by atoms with Crippen molar-refractivity contribution in [3.63, 3.8) is 0 Å². The highest BCUT2D eigenvalue weighted by Gasteiger charge is 2.30. The minimum absolute atomic E-state index is 0.120. The van der Waals surface area contributed by atoms with E-state index in [2.05, 4.69) is 5.32 Å². The summed E-state index contributed by atoms with van der Waals surface area (Å²) >= 11 is 6.30. The lowest BCUT2D eigenvalue weighted by atomic mass is 10.0. The Balaban J connectivity index is 1.92. The first-order valence-electron chi connectivity index (χ1n) is 7.71. The second-order valence-electron chi connectivity index (χ2n) is 5.59. The quantitative estimate of drug-likeness (QED) is 0.925. The second-order valence-corrected chi connectivity index (χ2v) is 6.00. The predicted molar refractivity (Wildman–Crippen MR) is 91.1 cm³/mol. The molecule has 1 fully saturated rings. The van der Waals surface area contributed by atoms with Crippen molar-refractivity contribution in [1.29, 1.82) is 0 Å². The van der Waals surface area contributed by atoms with E-state index < -0.39 is 5.82 Å². The minimum atomic E-state index is -0.548. The van der Waals surface area contributed by atoms with Crippen molar-refractivity contribution in [2.24, 2.45) is 0 Å². The number of carbonyl (C=O) groups is 1. The summed E-state index contributed by atoms with van der Waals surface area (Å²) in [6.45, 7) is 1.82. The molecule has 1 unspecified atom stereocenters. The maximum atomic E-state index is 13.9. The lowest BCUT2D eigenvalue weighted by Gasteiger charge is -2.37. The largest absolute Gasteiger partial charge is 0.494 e. The molecule has 1 amide bonds. The number of piperazine rings is 1. The maximum absolute atomic E-state index is 13.9. The second kappa shape index (κ2) is 7.20. The van der Waals surface area contributed by atoms with Crippen LogP contribution in [-0.4, -0.2) is 37.6 Å². The van der Waals surface area contributed by atoms with E-state index in [-0.39, 0.29) is 17.7 Å². The molecule has 4 nitrogen and oxygen atoms in total. The molecule has 1 atom stereocenters. The van der Waals surface area contributed by atoms with Crippen LogP contribution in [0.2, 0.25) is 5.02 Å². The van der Waals surface area contributed by atoms with Crippen molar-refractivity contribution in [1.82, 2.24) is 10.2 Å². The van der Waals surface area contributed by atoms with Gasteiger partial charge in [0.05, 0.1) is 13.2 Å². The highest BCUT2D eigenvalue weighted by molar-refractivity contribution is 6.31. The molecule has 1 aliphatic rings. The SMILES string of the molecule is COc1ccc(C(=O)N2CCNCC2c2ccccc2Cl)cc1F. The number of hydrogen-bond acceptors (Lipinski definition) is 3. The molecule has 1 saturated heterocycles. The van der Waals surface area contributed by atoms with Crippen molar-refractivity contribution >= 4 is 17.5 Å². The summed E-state index contributed by atoms with van der Waals surface area (Å²) < 4.78 is 18.8. The van der Waals surface area contributed by atoms with Gasteiger partial charge in [0.2, 0.25) is 0 Å². The van der Waals surface area contributed by atoms with Crippen LogP contribution in [0.4, 0.5) is 4.39 Å². The van der Waals surface area contributed by atoms with Crippen LogP contribution in [0, 0.1) is 5.82 Å². The van der Waals surface area contributed by atoms with Crippen LogP contribution in [-0.2, 0) is 0 Å². The molecule has 1 heterocycles. The van der Waals surface area contributed by atoms with E-state index in [0.29, 0.717) is 30.2 Å². The molecule has 2 aromatic carbocycles. The third-order valence-corrected chi connectivity index (χ3v) is 4.51. The van der Waals surface area contributed by atoms with Gasteiger partial charge in [-0.2, -0.15) is 0 Å². The molecule has 24 heavy (non-hydrogen) atoms. The average Bonchev–Trinajstić information content (AvgIpc) is 2.61. The summed E-state index contributed by atoms with van der Waals surface area (Å²) in [7, 11) is 1.39. The third kappa shape index (κ3) is 3.23. The standard InChI is InChI=1S/C18H18ClFN2O2/c1-24-17-7-6-12(10-15(17)20)18(23)22-9-8-21-11-16(22)13-4-2-3-5-14(13)19/h2-7,10,16,21H,8-9,11H2,1H3. The zero-order valence-electron chi connectivity index (χ0n) is 13.3. The molecule has 0 radical (unpaired) electrons.